The standard InChI is InChI=1S/C20H19N3O5.Na/c1-3-28-19-17(12-24)20(26)23(22-19)15-8-6-14(7-9-15)21-18(25)13-4-10-16(27-2)11-5-13;/h4-12,24H,3H2,1-2H3,(H,21,25);/q;+1/p-1/b17-12-;. The first-order chi connectivity index (χ1) is 13.6. The normalized spacial score (nSPS) is 14.3. The molecule has 3 rings (SSSR count). The molecule has 1 aliphatic heterocycles. The zero-order valence-corrected chi connectivity index (χ0v) is 18.3. The van der Waals surface area contributed by atoms with Gasteiger partial charge in [0.2, 0.25) is 5.90 Å². The third kappa shape index (κ3) is 4.97. The van der Waals surface area contributed by atoms with E-state index in [0.717, 1.165) is 5.01 Å². The van der Waals surface area contributed by atoms with E-state index in [1.807, 2.05) is 0 Å². The average Bonchev–Trinajstić information content (AvgIpc) is 3.04. The van der Waals surface area contributed by atoms with Crippen molar-refractivity contribution in [2.24, 2.45) is 5.10 Å². The molecule has 2 aromatic carbocycles. The van der Waals surface area contributed by atoms with Crippen LogP contribution in [0.4, 0.5) is 11.4 Å². The Balaban J connectivity index is 0.00000300. The number of hydrogen-bond acceptors (Lipinski definition) is 6. The van der Waals surface area contributed by atoms with Gasteiger partial charge < -0.3 is 19.9 Å². The number of amides is 2. The van der Waals surface area contributed by atoms with Gasteiger partial charge >= 0.3 is 29.6 Å². The van der Waals surface area contributed by atoms with E-state index in [-0.39, 0.29) is 53.5 Å². The smallest absolute Gasteiger partial charge is 0.877 e. The van der Waals surface area contributed by atoms with Crippen molar-refractivity contribution in [3.63, 3.8) is 0 Å². The van der Waals surface area contributed by atoms with Gasteiger partial charge in [0, 0.05) is 11.3 Å². The van der Waals surface area contributed by atoms with Crippen molar-refractivity contribution >= 4 is 29.1 Å². The quantitative estimate of drug-likeness (QED) is 0.388. The summed E-state index contributed by atoms with van der Waals surface area (Å²) < 4.78 is 10.3. The zero-order chi connectivity index (χ0) is 20.1. The second-order valence-corrected chi connectivity index (χ2v) is 5.72. The SMILES string of the molecule is CCOC1=NN(c2ccc(NC(=O)c3ccc(OC)cc3)cc2)C(=O)/C1=C\[O-].[Na+]. The molecule has 0 spiro atoms. The van der Waals surface area contributed by atoms with E-state index in [2.05, 4.69) is 10.4 Å². The van der Waals surface area contributed by atoms with Crippen molar-refractivity contribution in [2.45, 2.75) is 6.92 Å². The molecule has 8 nitrogen and oxygen atoms in total. The molecule has 0 fully saturated rings. The van der Waals surface area contributed by atoms with E-state index in [1.54, 1.807) is 62.6 Å². The molecular formula is C20H18N3NaO5. The van der Waals surface area contributed by atoms with Crippen LogP contribution >= 0.6 is 0 Å². The molecule has 1 aliphatic rings. The summed E-state index contributed by atoms with van der Waals surface area (Å²) in [4.78, 5) is 24.6. The summed E-state index contributed by atoms with van der Waals surface area (Å²) in [6, 6.07) is 13.2. The van der Waals surface area contributed by atoms with Gasteiger partial charge in [-0.15, -0.1) is 11.4 Å². The number of hydrazone groups is 1. The fourth-order valence-electron chi connectivity index (χ4n) is 2.55. The summed E-state index contributed by atoms with van der Waals surface area (Å²) in [5.74, 6) is -0.177. The Morgan fingerprint density at radius 3 is 2.38 bits per heavy atom. The van der Waals surface area contributed by atoms with Gasteiger partial charge in [-0.05, 0) is 55.5 Å². The molecule has 0 radical (unpaired) electrons. The van der Waals surface area contributed by atoms with Crippen LogP contribution in [0.3, 0.4) is 0 Å². The van der Waals surface area contributed by atoms with E-state index in [4.69, 9.17) is 9.47 Å². The molecule has 0 unspecified atom stereocenters. The molecule has 0 saturated heterocycles. The summed E-state index contributed by atoms with van der Waals surface area (Å²) in [5, 5.41) is 19.0. The molecule has 2 amide bonds. The van der Waals surface area contributed by atoms with Gasteiger partial charge in [-0.1, -0.05) is 0 Å². The number of nitrogens with zero attached hydrogens (tertiary/aromatic N) is 2. The van der Waals surface area contributed by atoms with Crippen LogP contribution in [0.5, 0.6) is 5.75 Å². The number of anilines is 2. The molecule has 0 saturated carbocycles. The number of hydrogen-bond donors (Lipinski definition) is 1. The van der Waals surface area contributed by atoms with Crippen LogP contribution < -0.4 is 49.7 Å². The Morgan fingerprint density at radius 1 is 1.17 bits per heavy atom. The average molecular weight is 403 g/mol. The monoisotopic (exact) mass is 403 g/mol. The van der Waals surface area contributed by atoms with Crippen molar-refractivity contribution in [1.82, 2.24) is 0 Å². The van der Waals surface area contributed by atoms with Crippen LogP contribution in [0.25, 0.3) is 0 Å². The van der Waals surface area contributed by atoms with E-state index in [9.17, 15) is 14.7 Å². The number of ether oxygens (including phenoxy) is 2. The van der Waals surface area contributed by atoms with Crippen LogP contribution in [0.2, 0.25) is 0 Å². The van der Waals surface area contributed by atoms with Crippen molar-refractivity contribution in [2.75, 3.05) is 24.0 Å². The van der Waals surface area contributed by atoms with Crippen LogP contribution in [-0.2, 0) is 9.53 Å². The molecule has 29 heavy (non-hydrogen) atoms. The fraction of sp³-hybridized carbons (Fsp3) is 0.150. The van der Waals surface area contributed by atoms with Gasteiger partial charge in [-0.2, -0.15) is 5.01 Å². The van der Waals surface area contributed by atoms with E-state index < -0.39 is 5.91 Å². The molecular weight excluding hydrogens is 385 g/mol. The summed E-state index contributed by atoms with van der Waals surface area (Å²) in [5.41, 5.74) is 1.35. The first kappa shape index (κ1) is 22.5. The number of carbonyl (C=O) groups excluding carboxylic acids is 2. The van der Waals surface area contributed by atoms with Crippen molar-refractivity contribution in [1.29, 1.82) is 0 Å². The number of methoxy groups -OCH3 is 1. The maximum atomic E-state index is 12.3. The third-order valence-corrected chi connectivity index (χ3v) is 3.96. The van der Waals surface area contributed by atoms with Crippen LogP contribution in [0, 0.1) is 0 Å². The van der Waals surface area contributed by atoms with Gasteiger partial charge in [-0.3, -0.25) is 9.59 Å². The maximum absolute atomic E-state index is 12.3. The minimum Gasteiger partial charge on any atom is -0.877 e. The number of carbonyl (C=O) groups is 2. The summed E-state index contributed by atoms with van der Waals surface area (Å²) in [6.45, 7) is 2.02. The first-order valence-corrected chi connectivity index (χ1v) is 8.51. The molecule has 0 aromatic heterocycles. The zero-order valence-electron chi connectivity index (χ0n) is 16.3. The second-order valence-electron chi connectivity index (χ2n) is 5.72. The minimum atomic E-state index is -0.562. The van der Waals surface area contributed by atoms with Gasteiger partial charge in [0.05, 0.1) is 25.0 Å². The topological polar surface area (TPSA) is 103 Å². The molecule has 0 aliphatic carbocycles. The largest absolute Gasteiger partial charge is 1.00 e. The van der Waals surface area contributed by atoms with Gasteiger partial charge in [0.25, 0.3) is 11.8 Å². The molecule has 0 atom stereocenters. The Morgan fingerprint density at radius 2 is 1.83 bits per heavy atom. The first-order valence-electron chi connectivity index (χ1n) is 8.51. The molecule has 0 bridgehead atoms. The Labute approximate surface area is 190 Å². The molecule has 1 heterocycles. The van der Waals surface area contributed by atoms with Crippen molar-refractivity contribution in [3.8, 4) is 5.75 Å². The van der Waals surface area contributed by atoms with Crippen molar-refractivity contribution in [3.05, 3.63) is 65.9 Å². The van der Waals surface area contributed by atoms with Gasteiger partial charge in [-0.25, -0.2) is 0 Å². The Hall–Kier alpha value is -2.81. The third-order valence-electron chi connectivity index (χ3n) is 3.96. The molecule has 1 N–H and O–H groups in total. The van der Waals surface area contributed by atoms with E-state index in [1.165, 1.54) is 0 Å². The second kappa shape index (κ2) is 10.1. The van der Waals surface area contributed by atoms with Crippen LogP contribution in [0.15, 0.2) is 65.5 Å². The van der Waals surface area contributed by atoms with Gasteiger partial charge in [0.15, 0.2) is 0 Å². The predicted molar refractivity (Wildman–Crippen MR) is 102 cm³/mol. The summed E-state index contributed by atoms with van der Waals surface area (Å²) in [7, 11) is 1.55. The van der Waals surface area contributed by atoms with Crippen molar-refractivity contribution < 1.29 is 53.7 Å². The number of benzene rings is 2. The van der Waals surface area contributed by atoms with E-state index >= 15 is 0 Å². The minimum absolute atomic E-state index is 0. The molecule has 144 valence electrons. The summed E-state index contributed by atoms with van der Waals surface area (Å²) >= 11 is 0. The Kier molecular flexibility index (Phi) is 7.83. The summed E-state index contributed by atoms with van der Waals surface area (Å²) in [6.07, 6.45) is 0.431. The Bertz CT molecular complexity index is 940. The molecule has 2 aromatic rings. The number of nitrogens with one attached hydrogen (secondary N) is 1. The fourth-order valence-corrected chi connectivity index (χ4v) is 2.55. The number of rotatable bonds is 5. The van der Waals surface area contributed by atoms with Crippen LogP contribution in [-0.4, -0.2) is 31.4 Å². The van der Waals surface area contributed by atoms with E-state index in [0.29, 0.717) is 28.9 Å². The molecule has 9 heteroatoms. The maximum Gasteiger partial charge on any atom is 1.00 e. The van der Waals surface area contributed by atoms with Crippen LogP contribution in [0.1, 0.15) is 17.3 Å². The van der Waals surface area contributed by atoms with Gasteiger partial charge in [0.1, 0.15) is 5.75 Å². The predicted octanol–water partition coefficient (Wildman–Crippen LogP) is -1.11.